The Balaban J connectivity index is 2.07. The Morgan fingerprint density at radius 2 is 1.59 bits per heavy atom. The highest BCUT2D eigenvalue weighted by atomic mass is 127. The van der Waals surface area contributed by atoms with Gasteiger partial charge in [0.1, 0.15) is 5.75 Å². The van der Waals surface area contributed by atoms with E-state index in [1.807, 2.05) is 45.2 Å². The molecule has 2 aromatic carbocycles. The van der Waals surface area contributed by atoms with Gasteiger partial charge < -0.3 is 5.11 Å². The molecule has 0 bridgehead atoms. The maximum atomic E-state index is 12.1. The van der Waals surface area contributed by atoms with E-state index in [1.54, 1.807) is 36.4 Å². The second-order valence-electron chi connectivity index (χ2n) is 4.20. The minimum atomic E-state index is -0.584. The zero-order valence-electron chi connectivity index (χ0n) is 10.9. The SMILES string of the molecule is O=C(NNC(=O)c1cc(I)cc(I)c1O)c1ccc(Br)cc1. The maximum Gasteiger partial charge on any atom is 0.273 e. The average Bonchev–Trinajstić information content (AvgIpc) is 2.48. The van der Waals surface area contributed by atoms with Gasteiger partial charge in [-0.2, -0.15) is 0 Å². The van der Waals surface area contributed by atoms with Crippen LogP contribution in [-0.4, -0.2) is 16.9 Å². The van der Waals surface area contributed by atoms with Crippen LogP contribution in [0.25, 0.3) is 0 Å². The van der Waals surface area contributed by atoms with Crippen molar-refractivity contribution in [1.82, 2.24) is 10.9 Å². The van der Waals surface area contributed by atoms with Crippen LogP contribution in [0, 0.1) is 7.14 Å². The monoisotopic (exact) mass is 586 g/mol. The first-order chi connectivity index (χ1) is 10.4. The first kappa shape index (κ1) is 17.5. The lowest BCUT2D eigenvalue weighted by molar-refractivity contribution is 0.0845. The zero-order chi connectivity index (χ0) is 16.3. The number of amides is 2. The fourth-order valence-corrected chi connectivity index (χ4v) is 3.70. The van der Waals surface area contributed by atoms with Gasteiger partial charge >= 0.3 is 0 Å². The van der Waals surface area contributed by atoms with Crippen molar-refractivity contribution in [3.8, 4) is 5.75 Å². The lowest BCUT2D eigenvalue weighted by Crippen LogP contribution is -2.41. The number of halogens is 3. The Labute approximate surface area is 162 Å². The van der Waals surface area contributed by atoms with Crippen molar-refractivity contribution in [2.24, 2.45) is 0 Å². The topological polar surface area (TPSA) is 78.4 Å². The summed E-state index contributed by atoms with van der Waals surface area (Å²) in [5, 5.41) is 9.92. The Morgan fingerprint density at radius 1 is 1.00 bits per heavy atom. The fraction of sp³-hybridized carbons (Fsp3) is 0. The van der Waals surface area contributed by atoms with Crippen molar-refractivity contribution in [1.29, 1.82) is 0 Å². The first-order valence-electron chi connectivity index (χ1n) is 5.92. The van der Waals surface area contributed by atoms with Crippen LogP contribution in [0.3, 0.4) is 0 Å². The Hall–Kier alpha value is -0.880. The van der Waals surface area contributed by atoms with Crippen LogP contribution in [-0.2, 0) is 0 Å². The van der Waals surface area contributed by atoms with Crippen LogP contribution in [0.15, 0.2) is 40.9 Å². The number of hydrazine groups is 1. The molecular weight excluding hydrogens is 578 g/mol. The van der Waals surface area contributed by atoms with Gasteiger partial charge in [-0.15, -0.1) is 0 Å². The van der Waals surface area contributed by atoms with Crippen molar-refractivity contribution < 1.29 is 14.7 Å². The van der Waals surface area contributed by atoms with Gasteiger partial charge in [0.15, 0.2) is 0 Å². The van der Waals surface area contributed by atoms with Crippen LogP contribution in [0.1, 0.15) is 20.7 Å². The molecule has 0 unspecified atom stereocenters. The summed E-state index contributed by atoms with van der Waals surface area (Å²) in [5.41, 5.74) is 5.11. The second kappa shape index (κ2) is 7.59. The highest BCUT2D eigenvalue weighted by Gasteiger charge is 2.15. The van der Waals surface area contributed by atoms with Crippen molar-refractivity contribution >= 4 is 72.9 Å². The predicted octanol–water partition coefficient (Wildman–Crippen LogP) is 3.44. The summed E-state index contributed by atoms with van der Waals surface area (Å²) in [7, 11) is 0. The number of carbonyl (C=O) groups is 2. The number of aromatic hydroxyl groups is 1. The molecule has 0 atom stereocenters. The summed E-state index contributed by atoms with van der Waals surface area (Å²) >= 11 is 7.26. The molecule has 5 nitrogen and oxygen atoms in total. The number of hydrogen-bond donors (Lipinski definition) is 3. The molecule has 114 valence electrons. The van der Waals surface area contributed by atoms with E-state index >= 15 is 0 Å². The molecular formula is C14H9BrI2N2O3. The summed E-state index contributed by atoms with van der Waals surface area (Å²) in [5.74, 6) is -1.14. The Bertz CT molecular complexity index is 736. The molecule has 0 saturated carbocycles. The number of phenolic OH excluding ortho intramolecular Hbond substituents is 1. The molecule has 0 aromatic heterocycles. The molecule has 0 radical (unpaired) electrons. The van der Waals surface area contributed by atoms with Crippen molar-refractivity contribution in [3.05, 3.63) is 59.1 Å². The maximum absolute atomic E-state index is 12.1. The van der Waals surface area contributed by atoms with Gasteiger partial charge in [0.2, 0.25) is 0 Å². The second-order valence-corrected chi connectivity index (χ2v) is 7.52. The number of phenols is 1. The van der Waals surface area contributed by atoms with Crippen molar-refractivity contribution in [3.63, 3.8) is 0 Å². The van der Waals surface area contributed by atoms with Crippen LogP contribution in [0.4, 0.5) is 0 Å². The molecule has 2 aromatic rings. The molecule has 0 aliphatic carbocycles. The molecule has 0 spiro atoms. The van der Waals surface area contributed by atoms with Gasteiger partial charge in [0.25, 0.3) is 11.8 Å². The third-order valence-corrected chi connectivity index (χ3v) is 4.64. The van der Waals surface area contributed by atoms with Gasteiger partial charge in [0.05, 0.1) is 9.13 Å². The summed E-state index contributed by atoms with van der Waals surface area (Å²) in [6.45, 7) is 0. The van der Waals surface area contributed by atoms with Gasteiger partial charge in [-0.3, -0.25) is 20.4 Å². The van der Waals surface area contributed by atoms with E-state index < -0.39 is 11.8 Å². The van der Waals surface area contributed by atoms with E-state index in [0.717, 1.165) is 8.04 Å². The smallest absolute Gasteiger partial charge is 0.273 e. The highest BCUT2D eigenvalue weighted by molar-refractivity contribution is 14.1. The molecule has 8 heteroatoms. The van der Waals surface area contributed by atoms with E-state index in [9.17, 15) is 14.7 Å². The third-order valence-electron chi connectivity index (χ3n) is 2.67. The van der Waals surface area contributed by atoms with Crippen LogP contribution in [0.5, 0.6) is 5.75 Å². The minimum Gasteiger partial charge on any atom is -0.506 e. The normalized spacial score (nSPS) is 10.1. The van der Waals surface area contributed by atoms with Gasteiger partial charge in [0, 0.05) is 13.6 Å². The minimum absolute atomic E-state index is 0.104. The number of rotatable bonds is 2. The van der Waals surface area contributed by atoms with E-state index in [1.165, 1.54) is 0 Å². The summed E-state index contributed by atoms with van der Waals surface area (Å²) in [6.07, 6.45) is 0. The first-order valence-corrected chi connectivity index (χ1v) is 8.88. The number of benzene rings is 2. The summed E-state index contributed by atoms with van der Waals surface area (Å²) < 4.78 is 2.23. The van der Waals surface area contributed by atoms with Crippen LogP contribution >= 0.6 is 61.1 Å². The van der Waals surface area contributed by atoms with Crippen molar-refractivity contribution in [2.45, 2.75) is 0 Å². The molecule has 22 heavy (non-hydrogen) atoms. The summed E-state index contributed by atoms with van der Waals surface area (Å²) in [4.78, 5) is 24.0. The molecule has 0 heterocycles. The third kappa shape index (κ3) is 4.32. The number of carbonyl (C=O) groups excluding carboxylic acids is 2. The molecule has 0 saturated heterocycles. The zero-order valence-corrected chi connectivity index (χ0v) is 16.8. The number of hydrogen-bond acceptors (Lipinski definition) is 3. The molecule has 2 rings (SSSR count). The highest BCUT2D eigenvalue weighted by Crippen LogP contribution is 2.26. The van der Waals surface area contributed by atoms with Crippen molar-refractivity contribution in [2.75, 3.05) is 0 Å². The molecule has 0 aliphatic rings. The van der Waals surface area contributed by atoms with E-state index in [2.05, 4.69) is 26.8 Å². The van der Waals surface area contributed by atoms with Crippen LogP contribution in [0.2, 0.25) is 0 Å². The fourth-order valence-electron chi connectivity index (χ4n) is 1.59. The Kier molecular flexibility index (Phi) is 6.03. The molecule has 3 N–H and O–H groups in total. The van der Waals surface area contributed by atoms with Gasteiger partial charge in [-0.25, -0.2) is 0 Å². The Morgan fingerprint density at radius 3 is 2.23 bits per heavy atom. The molecule has 0 fully saturated rings. The summed E-state index contributed by atoms with van der Waals surface area (Å²) in [6, 6.07) is 9.98. The lowest BCUT2D eigenvalue weighted by atomic mass is 10.2. The van der Waals surface area contributed by atoms with Gasteiger partial charge in [-0.05, 0) is 81.6 Å². The average molecular weight is 587 g/mol. The molecule has 0 aliphatic heterocycles. The number of nitrogens with one attached hydrogen (secondary N) is 2. The lowest BCUT2D eigenvalue weighted by Gasteiger charge is -2.10. The van der Waals surface area contributed by atoms with Crippen LogP contribution < -0.4 is 10.9 Å². The van der Waals surface area contributed by atoms with E-state index in [0.29, 0.717) is 9.13 Å². The van der Waals surface area contributed by atoms with E-state index in [-0.39, 0.29) is 11.3 Å². The predicted molar refractivity (Wildman–Crippen MR) is 103 cm³/mol. The largest absolute Gasteiger partial charge is 0.506 e. The van der Waals surface area contributed by atoms with Gasteiger partial charge in [-0.1, -0.05) is 15.9 Å². The molecule has 2 amide bonds. The quantitative estimate of drug-likeness (QED) is 0.373. The standard InChI is InChI=1S/C14H9BrI2N2O3/c15-8-3-1-7(2-4-8)13(21)18-19-14(22)10-5-9(16)6-11(17)12(10)20/h1-6,20H,(H,18,21)(H,19,22). The van der Waals surface area contributed by atoms with E-state index in [4.69, 9.17) is 0 Å².